The highest BCUT2D eigenvalue weighted by Gasteiger charge is 2.13. The predicted molar refractivity (Wildman–Crippen MR) is 58.9 cm³/mol. The summed E-state index contributed by atoms with van der Waals surface area (Å²) >= 11 is 1.28. The van der Waals surface area contributed by atoms with E-state index in [1.165, 1.54) is 11.3 Å². The Kier molecular flexibility index (Phi) is 3.23. The predicted octanol–water partition coefficient (Wildman–Crippen LogP) is 1.67. The highest BCUT2D eigenvalue weighted by atomic mass is 32.1. The quantitative estimate of drug-likeness (QED) is 0.835. The van der Waals surface area contributed by atoms with Gasteiger partial charge in [0.25, 0.3) is 0 Å². The molecule has 1 aliphatic heterocycles. The van der Waals surface area contributed by atoms with Crippen LogP contribution in [0.2, 0.25) is 0 Å². The second-order valence-corrected chi connectivity index (χ2v) is 4.34. The molecule has 1 N–H and O–H groups in total. The molecule has 0 aromatic carbocycles. The summed E-state index contributed by atoms with van der Waals surface area (Å²) in [6, 6.07) is 1.73. The first-order chi connectivity index (χ1) is 7.27. The van der Waals surface area contributed by atoms with Crippen LogP contribution in [0.1, 0.15) is 16.1 Å². The number of aromatic carboxylic acids is 1. The lowest BCUT2D eigenvalue weighted by Gasteiger charge is -2.19. The van der Waals surface area contributed by atoms with Crippen LogP contribution in [0.15, 0.2) is 11.4 Å². The molecule has 1 aliphatic rings. The van der Waals surface area contributed by atoms with Gasteiger partial charge in [0.2, 0.25) is 0 Å². The van der Waals surface area contributed by atoms with Crippen molar-refractivity contribution in [3.63, 3.8) is 0 Å². The Morgan fingerprint density at radius 3 is 3.07 bits per heavy atom. The normalized spacial score (nSPS) is 17.5. The van der Waals surface area contributed by atoms with E-state index in [4.69, 9.17) is 9.84 Å². The Labute approximate surface area is 92.1 Å². The molecule has 4 nitrogen and oxygen atoms in total. The van der Waals surface area contributed by atoms with Crippen LogP contribution in [0.25, 0.3) is 0 Å². The van der Waals surface area contributed by atoms with Gasteiger partial charge in [-0.3, -0.25) is 0 Å². The minimum absolute atomic E-state index is 0.398. The molecule has 0 unspecified atom stereocenters. The first kappa shape index (κ1) is 10.4. The third-order valence-corrected chi connectivity index (χ3v) is 3.29. The molecular formula is C10H13NO3S. The molecule has 15 heavy (non-hydrogen) atoms. The van der Waals surface area contributed by atoms with E-state index >= 15 is 0 Å². The van der Waals surface area contributed by atoms with E-state index in [0.717, 1.165) is 38.4 Å². The monoisotopic (exact) mass is 227 g/mol. The Bertz CT molecular complexity index is 342. The number of carbonyl (C=O) groups is 1. The molecule has 0 bridgehead atoms. The summed E-state index contributed by atoms with van der Waals surface area (Å²) in [5.41, 5.74) is 1.00. The molecule has 0 radical (unpaired) electrons. The lowest BCUT2D eigenvalue weighted by atomic mass is 10.3. The number of thiophene rings is 1. The van der Waals surface area contributed by atoms with Gasteiger partial charge in [0.1, 0.15) is 4.88 Å². The fraction of sp³-hybridized carbons (Fsp3) is 0.500. The van der Waals surface area contributed by atoms with Crippen molar-refractivity contribution >= 4 is 23.0 Å². The molecule has 5 heteroatoms. The van der Waals surface area contributed by atoms with Gasteiger partial charge in [0.05, 0.1) is 6.61 Å². The van der Waals surface area contributed by atoms with Gasteiger partial charge in [-0.15, -0.1) is 11.3 Å². The van der Waals surface area contributed by atoms with E-state index in [1.54, 1.807) is 6.07 Å². The molecule has 0 amide bonds. The number of nitrogens with zero attached hydrogens (tertiary/aromatic N) is 1. The Hall–Kier alpha value is -1.07. The standard InChI is InChI=1S/C10H13NO3S/c12-10(13)9-6-8(7-15-9)11-2-1-4-14-5-3-11/h6-7H,1-5H2,(H,12,13). The summed E-state index contributed by atoms with van der Waals surface area (Å²) in [7, 11) is 0. The van der Waals surface area contributed by atoms with Crippen molar-refractivity contribution in [1.29, 1.82) is 0 Å². The molecule has 2 rings (SSSR count). The lowest BCUT2D eigenvalue weighted by Crippen LogP contribution is -2.25. The highest BCUT2D eigenvalue weighted by molar-refractivity contribution is 7.12. The lowest BCUT2D eigenvalue weighted by molar-refractivity contribution is 0.0702. The average Bonchev–Trinajstić information content (AvgIpc) is 2.55. The van der Waals surface area contributed by atoms with E-state index in [0.29, 0.717) is 4.88 Å². The van der Waals surface area contributed by atoms with Crippen molar-refractivity contribution in [3.8, 4) is 0 Å². The maximum atomic E-state index is 10.7. The fourth-order valence-electron chi connectivity index (χ4n) is 1.61. The first-order valence-electron chi connectivity index (χ1n) is 4.92. The number of carboxylic acid groups (broad SMARTS) is 1. The van der Waals surface area contributed by atoms with E-state index in [-0.39, 0.29) is 0 Å². The Morgan fingerprint density at radius 1 is 1.47 bits per heavy atom. The van der Waals surface area contributed by atoms with Gasteiger partial charge < -0.3 is 14.7 Å². The van der Waals surface area contributed by atoms with Gasteiger partial charge in [-0.1, -0.05) is 0 Å². The number of anilines is 1. The van der Waals surface area contributed by atoms with Crippen LogP contribution in [0.4, 0.5) is 5.69 Å². The summed E-state index contributed by atoms with van der Waals surface area (Å²) < 4.78 is 5.35. The molecule has 1 aromatic rings. The molecule has 82 valence electrons. The molecule has 0 spiro atoms. The Morgan fingerprint density at radius 2 is 2.33 bits per heavy atom. The number of hydrogen-bond donors (Lipinski definition) is 1. The van der Waals surface area contributed by atoms with Crippen molar-refractivity contribution in [2.24, 2.45) is 0 Å². The van der Waals surface area contributed by atoms with Crippen LogP contribution in [-0.4, -0.2) is 37.4 Å². The topological polar surface area (TPSA) is 49.8 Å². The van der Waals surface area contributed by atoms with Gasteiger partial charge in [-0.2, -0.15) is 0 Å². The number of rotatable bonds is 2. The molecule has 0 aliphatic carbocycles. The molecule has 1 fully saturated rings. The summed E-state index contributed by atoms with van der Waals surface area (Å²) in [6.07, 6.45) is 0.998. The van der Waals surface area contributed by atoms with Crippen LogP contribution >= 0.6 is 11.3 Å². The van der Waals surface area contributed by atoms with Gasteiger partial charge in [0.15, 0.2) is 0 Å². The van der Waals surface area contributed by atoms with Crippen molar-refractivity contribution in [2.45, 2.75) is 6.42 Å². The molecule has 2 heterocycles. The third kappa shape index (κ3) is 2.49. The number of hydrogen-bond acceptors (Lipinski definition) is 4. The van der Waals surface area contributed by atoms with Crippen molar-refractivity contribution in [2.75, 3.05) is 31.2 Å². The molecule has 1 aromatic heterocycles. The zero-order valence-electron chi connectivity index (χ0n) is 8.31. The van der Waals surface area contributed by atoms with Crippen LogP contribution in [-0.2, 0) is 4.74 Å². The van der Waals surface area contributed by atoms with Crippen molar-refractivity contribution in [1.82, 2.24) is 0 Å². The first-order valence-corrected chi connectivity index (χ1v) is 5.80. The second-order valence-electron chi connectivity index (χ2n) is 3.43. The number of ether oxygens (including phenoxy) is 1. The summed E-state index contributed by atoms with van der Waals surface area (Å²) in [5, 5.41) is 10.7. The van der Waals surface area contributed by atoms with E-state index < -0.39 is 5.97 Å². The zero-order valence-corrected chi connectivity index (χ0v) is 9.13. The largest absolute Gasteiger partial charge is 0.477 e. The fourth-order valence-corrected chi connectivity index (χ4v) is 2.36. The second kappa shape index (κ2) is 4.63. The van der Waals surface area contributed by atoms with Crippen LogP contribution in [0.5, 0.6) is 0 Å². The zero-order chi connectivity index (χ0) is 10.7. The smallest absolute Gasteiger partial charge is 0.345 e. The van der Waals surface area contributed by atoms with Gasteiger partial charge in [0, 0.05) is 30.8 Å². The van der Waals surface area contributed by atoms with E-state index in [1.807, 2.05) is 5.38 Å². The summed E-state index contributed by atoms with van der Waals surface area (Å²) in [5.74, 6) is -0.850. The van der Waals surface area contributed by atoms with Gasteiger partial charge >= 0.3 is 5.97 Å². The highest BCUT2D eigenvalue weighted by Crippen LogP contribution is 2.23. The third-order valence-electron chi connectivity index (χ3n) is 2.38. The van der Waals surface area contributed by atoms with Crippen molar-refractivity contribution < 1.29 is 14.6 Å². The minimum Gasteiger partial charge on any atom is -0.477 e. The molecule has 1 saturated heterocycles. The maximum absolute atomic E-state index is 10.7. The van der Waals surface area contributed by atoms with Crippen LogP contribution < -0.4 is 4.90 Å². The summed E-state index contributed by atoms with van der Waals surface area (Å²) in [4.78, 5) is 13.3. The SMILES string of the molecule is O=C(O)c1cc(N2CCCOCC2)cs1. The van der Waals surface area contributed by atoms with Crippen LogP contribution in [0.3, 0.4) is 0 Å². The molecule has 0 atom stereocenters. The van der Waals surface area contributed by atoms with Crippen molar-refractivity contribution in [3.05, 3.63) is 16.3 Å². The van der Waals surface area contributed by atoms with E-state index in [9.17, 15) is 4.79 Å². The average molecular weight is 227 g/mol. The minimum atomic E-state index is -0.850. The van der Waals surface area contributed by atoms with Gasteiger partial charge in [-0.05, 0) is 12.5 Å². The molecular weight excluding hydrogens is 214 g/mol. The maximum Gasteiger partial charge on any atom is 0.345 e. The van der Waals surface area contributed by atoms with Crippen LogP contribution in [0, 0.1) is 0 Å². The summed E-state index contributed by atoms with van der Waals surface area (Å²) in [6.45, 7) is 3.30. The Balaban J connectivity index is 2.10. The van der Waals surface area contributed by atoms with E-state index in [2.05, 4.69) is 4.90 Å². The number of carboxylic acids is 1. The van der Waals surface area contributed by atoms with Gasteiger partial charge in [-0.25, -0.2) is 4.79 Å². The molecule has 0 saturated carbocycles.